The van der Waals surface area contributed by atoms with Crippen molar-refractivity contribution in [2.45, 2.75) is 13.3 Å². The van der Waals surface area contributed by atoms with Crippen molar-refractivity contribution in [3.63, 3.8) is 0 Å². The SMILES string of the molecule is COc1cc(C(=O)Nc2nnc(CCN3CCN(c4ccc(C)cc4)CC3)s2)cc(OC)c1OC. The highest BCUT2D eigenvalue weighted by molar-refractivity contribution is 7.15. The maximum atomic E-state index is 12.8. The number of aromatic nitrogens is 2. The molecule has 1 fully saturated rings. The van der Waals surface area contributed by atoms with Gasteiger partial charge in [0.25, 0.3) is 5.91 Å². The van der Waals surface area contributed by atoms with Crippen LogP contribution in [0.1, 0.15) is 20.9 Å². The van der Waals surface area contributed by atoms with Crippen molar-refractivity contribution in [2.24, 2.45) is 0 Å². The predicted molar refractivity (Wildman–Crippen MR) is 137 cm³/mol. The fourth-order valence-corrected chi connectivity index (χ4v) is 4.75. The maximum Gasteiger partial charge on any atom is 0.257 e. The number of carbonyl (C=O) groups excluding carboxylic acids is 1. The van der Waals surface area contributed by atoms with Crippen LogP contribution in [0.2, 0.25) is 0 Å². The predicted octanol–water partition coefficient (Wildman–Crippen LogP) is 3.49. The molecule has 0 spiro atoms. The Hall–Kier alpha value is -3.37. The lowest BCUT2D eigenvalue weighted by Gasteiger charge is -2.36. The first-order valence-electron chi connectivity index (χ1n) is 11.5. The number of methoxy groups -OCH3 is 3. The minimum absolute atomic E-state index is 0.320. The number of nitrogens with zero attached hydrogens (tertiary/aromatic N) is 4. The first-order chi connectivity index (χ1) is 17.0. The summed E-state index contributed by atoms with van der Waals surface area (Å²) >= 11 is 1.39. The first-order valence-corrected chi connectivity index (χ1v) is 12.3. The van der Waals surface area contributed by atoms with Gasteiger partial charge in [0.1, 0.15) is 5.01 Å². The normalized spacial score (nSPS) is 14.0. The smallest absolute Gasteiger partial charge is 0.257 e. The van der Waals surface area contributed by atoms with Crippen LogP contribution >= 0.6 is 11.3 Å². The van der Waals surface area contributed by atoms with Gasteiger partial charge in [0.2, 0.25) is 10.9 Å². The van der Waals surface area contributed by atoms with Gasteiger partial charge in [0.05, 0.1) is 21.3 Å². The Morgan fingerprint density at radius 3 is 2.23 bits per heavy atom. The van der Waals surface area contributed by atoms with Crippen molar-refractivity contribution in [2.75, 3.05) is 64.3 Å². The van der Waals surface area contributed by atoms with E-state index in [0.717, 1.165) is 44.2 Å². The van der Waals surface area contributed by atoms with E-state index < -0.39 is 0 Å². The summed E-state index contributed by atoms with van der Waals surface area (Å²) in [5.74, 6) is 0.943. The quantitative estimate of drug-likeness (QED) is 0.481. The van der Waals surface area contributed by atoms with Crippen LogP contribution in [0.4, 0.5) is 10.8 Å². The molecule has 0 aliphatic carbocycles. The lowest BCUT2D eigenvalue weighted by atomic mass is 10.1. The molecule has 0 radical (unpaired) electrons. The number of nitrogens with one attached hydrogen (secondary N) is 1. The van der Waals surface area contributed by atoms with Crippen molar-refractivity contribution in [1.29, 1.82) is 0 Å². The van der Waals surface area contributed by atoms with Gasteiger partial charge in [-0.05, 0) is 31.2 Å². The summed E-state index contributed by atoms with van der Waals surface area (Å²) in [6.45, 7) is 7.07. The van der Waals surface area contributed by atoms with E-state index in [-0.39, 0.29) is 5.91 Å². The van der Waals surface area contributed by atoms with Gasteiger partial charge in [-0.1, -0.05) is 29.0 Å². The molecule has 0 atom stereocenters. The zero-order valence-electron chi connectivity index (χ0n) is 20.5. The summed E-state index contributed by atoms with van der Waals surface area (Å²) in [6, 6.07) is 11.9. The van der Waals surface area contributed by atoms with E-state index in [9.17, 15) is 4.79 Å². The molecule has 1 aliphatic rings. The molecule has 186 valence electrons. The highest BCUT2D eigenvalue weighted by atomic mass is 32.1. The minimum atomic E-state index is -0.320. The van der Waals surface area contributed by atoms with Crippen LogP contribution in [0.15, 0.2) is 36.4 Å². The summed E-state index contributed by atoms with van der Waals surface area (Å²) in [5.41, 5.74) is 2.94. The number of amides is 1. The topological polar surface area (TPSA) is 89.0 Å². The Kier molecular flexibility index (Phi) is 8.04. The third-order valence-corrected chi connectivity index (χ3v) is 6.93. The van der Waals surface area contributed by atoms with Gasteiger partial charge >= 0.3 is 0 Å². The molecule has 1 amide bonds. The monoisotopic (exact) mass is 497 g/mol. The van der Waals surface area contributed by atoms with Crippen molar-refractivity contribution in [1.82, 2.24) is 15.1 Å². The second kappa shape index (κ2) is 11.4. The van der Waals surface area contributed by atoms with Crippen LogP contribution < -0.4 is 24.4 Å². The maximum absolute atomic E-state index is 12.8. The molecule has 2 heterocycles. The molecule has 3 aromatic rings. The van der Waals surface area contributed by atoms with Gasteiger partial charge in [-0.25, -0.2) is 0 Å². The molecule has 0 saturated carbocycles. The number of hydrogen-bond donors (Lipinski definition) is 1. The molecule has 10 heteroatoms. The van der Waals surface area contributed by atoms with E-state index in [1.165, 1.54) is 43.9 Å². The zero-order valence-corrected chi connectivity index (χ0v) is 21.4. The van der Waals surface area contributed by atoms with Crippen LogP contribution in [-0.2, 0) is 6.42 Å². The second-order valence-corrected chi connectivity index (χ2v) is 9.35. The van der Waals surface area contributed by atoms with Gasteiger partial charge in [-0.2, -0.15) is 0 Å². The molecule has 9 nitrogen and oxygen atoms in total. The van der Waals surface area contributed by atoms with E-state index in [4.69, 9.17) is 14.2 Å². The average Bonchev–Trinajstić information content (AvgIpc) is 3.34. The Morgan fingerprint density at radius 1 is 0.971 bits per heavy atom. The lowest BCUT2D eigenvalue weighted by Crippen LogP contribution is -2.47. The standard InChI is InChI=1S/C25H31N5O4S/c1-17-5-7-19(8-6-17)30-13-11-29(12-14-30)10-9-22-27-28-25(35-22)26-24(31)18-15-20(32-2)23(34-4)21(16-18)33-3/h5-8,15-16H,9-14H2,1-4H3,(H,26,28,31). The molecule has 1 N–H and O–H groups in total. The summed E-state index contributed by atoms with van der Waals surface area (Å²) in [4.78, 5) is 17.7. The number of ether oxygens (including phenoxy) is 3. The fraction of sp³-hybridized carbons (Fsp3) is 0.400. The molecule has 0 unspecified atom stereocenters. The lowest BCUT2D eigenvalue weighted by molar-refractivity contribution is 0.102. The van der Waals surface area contributed by atoms with Gasteiger partial charge in [0.15, 0.2) is 11.5 Å². The molecular weight excluding hydrogens is 466 g/mol. The summed E-state index contributed by atoms with van der Waals surface area (Å²) in [5, 5.41) is 12.6. The van der Waals surface area contributed by atoms with E-state index in [1.807, 2.05) is 0 Å². The summed E-state index contributed by atoms with van der Waals surface area (Å²) < 4.78 is 16.0. The number of piperazine rings is 1. The Labute approximate surface area is 209 Å². The van der Waals surface area contributed by atoms with Crippen LogP contribution in [0, 0.1) is 6.92 Å². The molecule has 0 bridgehead atoms. The third kappa shape index (κ3) is 6.01. The van der Waals surface area contributed by atoms with E-state index >= 15 is 0 Å². The number of hydrogen-bond acceptors (Lipinski definition) is 9. The van der Waals surface area contributed by atoms with Crippen LogP contribution in [0.25, 0.3) is 0 Å². The fourth-order valence-electron chi connectivity index (χ4n) is 4.03. The molecule has 1 saturated heterocycles. The van der Waals surface area contributed by atoms with E-state index in [2.05, 4.69) is 56.5 Å². The van der Waals surface area contributed by atoms with Crippen molar-refractivity contribution < 1.29 is 19.0 Å². The van der Waals surface area contributed by atoms with Gasteiger partial charge in [-0.3, -0.25) is 15.0 Å². The van der Waals surface area contributed by atoms with Crippen LogP contribution in [0.5, 0.6) is 17.2 Å². The molecule has 2 aromatic carbocycles. The molecular formula is C25H31N5O4S. The highest BCUT2D eigenvalue weighted by Crippen LogP contribution is 2.38. The minimum Gasteiger partial charge on any atom is -0.493 e. The van der Waals surface area contributed by atoms with Crippen molar-refractivity contribution in [3.8, 4) is 17.2 Å². The van der Waals surface area contributed by atoms with Gasteiger partial charge < -0.3 is 19.1 Å². The summed E-state index contributed by atoms with van der Waals surface area (Å²) in [6.07, 6.45) is 0.794. The van der Waals surface area contributed by atoms with Crippen LogP contribution in [0.3, 0.4) is 0 Å². The summed E-state index contributed by atoms with van der Waals surface area (Å²) in [7, 11) is 4.55. The van der Waals surface area contributed by atoms with Gasteiger partial charge in [-0.15, -0.1) is 10.2 Å². The Morgan fingerprint density at radius 2 is 1.63 bits per heavy atom. The van der Waals surface area contributed by atoms with Crippen LogP contribution in [-0.4, -0.2) is 75.1 Å². The van der Waals surface area contributed by atoms with Crippen molar-refractivity contribution in [3.05, 3.63) is 52.5 Å². The van der Waals surface area contributed by atoms with E-state index in [0.29, 0.717) is 27.9 Å². The first kappa shape index (κ1) is 24.7. The molecule has 1 aliphatic heterocycles. The Bertz CT molecular complexity index is 1120. The third-order valence-electron chi connectivity index (χ3n) is 6.03. The number of carbonyl (C=O) groups is 1. The number of anilines is 2. The number of benzene rings is 2. The Balaban J connectivity index is 1.29. The van der Waals surface area contributed by atoms with Gasteiger partial charge in [0, 0.05) is 50.4 Å². The highest BCUT2D eigenvalue weighted by Gasteiger charge is 2.20. The molecule has 4 rings (SSSR count). The van der Waals surface area contributed by atoms with Crippen molar-refractivity contribution >= 4 is 28.1 Å². The molecule has 1 aromatic heterocycles. The average molecular weight is 498 g/mol. The second-order valence-electron chi connectivity index (χ2n) is 8.28. The zero-order chi connectivity index (χ0) is 24.8. The molecule has 35 heavy (non-hydrogen) atoms. The number of aryl methyl sites for hydroxylation is 1. The number of rotatable bonds is 9. The largest absolute Gasteiger partial charge is 0.493 e. The van der Waals surface area contributed by atoms with E-state index in [1.54, 1.807) is 12.1 Å².